The van der Waals surface area contributed by atoms with Crippen molar-refractivity contribution >= 4 is 21.6 Å². The van der Waals surface area contributed by atoms with Gasteiger partial charge in [-0.15, -0.1) is 0 Å². The summed E-state index contributed by atoms with van der Waals surface area (Å²) in [6.45, 7) is 7.80. The average molecular weight is 305 g/mol. The molecule has 0 heterocycles. The van der Waals surface area contributed by atoms with Gasteiger partial charge in [-0.1, -0.05) is 38.4 Å². The minimum absolute atomic E-state index is 0.207. The Morgan fingerprint density at radius 2 is 2.00 bits per heavy atom. The first-order valence-electron chi connectivity index (χ1n) is 6.35. The molecule has 0 atom stereocenters. The second kappa shape index (κ2) is 7.24. The molecule has 0 unspecified atom stereocenters. The van der Waals surface area contributed by atoms with Crippen LogP contribution < -0.4 is 10.0 Å². The summed E-state index contributed by atoms with van der Waals surface area (Å²) in [5.74, 6) is 0.262. The smallest absolute Gasteiger partial charge is 0.240 e. The highest BCUT2D eigenvalue weighted by Gasteiger charge is 2.15. The molecule has 0 amide bonds. The van der Waals surface area contributed by atoms with E-state index >= 15 is 0 Å². The maximum absolute atomic E-state index is 12.0. The standard InChI is InChI=1S/C13H21ClN2O2S/c1-4-15-9-11-5-6-12(7-13(11)14)19(17,18)16-8-10(2)3/h5-7,10,15-16H,4,8-9H2,1-3H3. The molecule has 0 aliphatic rings. The van der Waals surface area contributed by atoms with E-state index in [1.54, 1.807) is 12.1 Å². The number of sulfonamides is 1. The van der Waals surface area contributed by atoms with Gasteiger partial charge >= 0.3 is 0 Å². The van der Waals surface area contributed by atoms with Crippen molar-refractivity contribution in [1.82, 2.24) is 10.0 Å². The van der Waals surface area contributed by atoms with E-state index in [-0.39, 0.29) is 10.8 Å². The van der Waals surface area contributed by atoms with Gasteiger partial charge in [0, 0.05) is 18.1 Å². The fraction of sp³-hybridized carbons (Fsp3) is 0.538. The molecule has 0 saturated carbocycles. The van der Waals surface area contributed by atoms with Crippen LogP contribution in [0.2, 0.25) is 5.02 Å². The van der Waals surface area contributed by atoms with E-state index in [1.165, 1.54) is 6.07 Å². The third-order valence-corrected chi connectivity index (χ3v) is 4.35. The Hall–Kier alpha value is -0.620. The van der Waals surface area contributed by atoms with Crippen molar-refractivity contribution in [2.45, 2.75) is 32.2 Å². The van der Waals surface area contributed by atoms with E-state index in [0.717, 1.165) is 12.1 Å². The lowest BCUT2D eigenvalue weighted by Gasteiger charge is -2.11. The number of hydrogen-bond donors (Lipinski definition) is 2. The quantitative estimate of drug-likeness (QED) is 0.813. The highest BCUT2D eigenvalue weighted by atomic mass is 35.5. The second-order valence-electron chi connectivity index (χ2n) is 4.78. The number of halogens is 1. The molecular weight excluding hydrogens is 284 g/mol. The lowest BCUT2D eigenvalue weighted by Crippen LogP contribution is -2.27. The van der Waals surface area contributed by atoms with Crippen LogP contribution in [0.1, 0.15) is 26.3 Å². The third kappa shape index (κ3) is 5.10. The first-order valence-corrected chi connectivity index (χ1v) is 8.21. The first kappa shape index (κ1) is 16.4. The SMILES string of the molecule is CCNCc1ccc(S(=O)(=O)NCC(C)C)cc1Cl. The molecular formula is C13H21ClN2O2S. The molecule has 108 valence electrons. The van der Waals surface area contributed by atoms with Crippen LogP contribution in [0.25, 0.3) is 0 Å². The predicted molar refractivity (Wildman–Crippen MR) is 78.9 cm³/mol. The molecule has 6 heteroatoms. The van der Waals surface area contributed by atoms with Gasteiger partial charge < -0.3 is 5.32 Å². The Morgan fingerprint density at radius 1 is 1.32 bits per heavy atom. The van der Waals surface area contributed by atoms with Gasteiger partial charge in [-0.25, -0.2) is 13.1 Å². The minimum Gasteiger partial charge on any atom is -0.313 e. The minimum atomic E-state index is -3.47. The summed E-state index contributed by atoms with van der Waals surface area (Å²) < 4.78 is 26.6. The second-order valence-corrected chi connectivity index (χ2v) is 6.95. The Morgan fingerprint density at radius 3 is 2.53 bits per heavy atom. The van der Waals surface area contributed by atoms with Crippen LogP contribution in [-0.2, 0) is 16.6 Å². The van der Waals surface area contributed by atoms with Gasteiger partial charge in [0.25, 0.3) is 0 Å². The van der Waals surface area contributed by atoms with Crippen LogP contribution in [0.4, 0.5) is 0 Å². The van der Waals surface area contributed by atoms with Crippen molar-refractivity contribution in [1.29, 1.82) is 0 Å². The fourth-order valence-electron chi connectivity index (χ4n) is 1.46. The van der Waals surface area contributed by atoms with Gasteiger partial charge in [-0.05, 0) is 30.2 Å². The lowest BCUT2D eigenvalue weighted by atomic mass is 10.2. The summed E-state index contributed by atoms with van der Waals surface area (Å²) in [5.41, 5.74) is 0.895. The van der Waals surface area contributed by atoms with Gasteiger partial charge in [-0.3, -0.25) is 0 Å². The number of hydrogen-bond acceptors (Lipinski definition) is 3. The topological polar surface area (TPSA) is 58.2 Å². The van der Waals surface area contributed by atoms with Crippen molar-refractivity contribution < 1.29 is 8.42 Å². The zero-order valence-corrected chi connectivity index (χ0v) is 13.1. The van der Waals surface area contributed by atoms with E-state index in [2.05, 4.69) is 10.0 Å². The maximum atomic E-state index is 12.0. The summed E-state index contributed by atoms with van der Waals surface area (Å²) in [6, 6.07) is 4.83. The van der Waals surface area contributed by atoms with Crippen LogP contribution in [0, 0.1) is 5.92 Å². The molecule has 0 aromatic heterocycles. The third-order valence-electron chi connectivity index (χ3n) is 2.58. The fourth-order valence-corrected chi connectivity index (χ4v) is 3.01. The Kier molecular flexibility index (Phi) is 6.26. The van der Waals surface area contributed by atoms with E-state index in [4.69, 9.17) is 11.6 Å². The van der Waals surface area contributed by atoms with Gasteiger partial charge in [0.2, 0.25) is 10.0 Å². The molecule has 0 radical (unpaired) electrons. The number of nitrogens with one attached hydrogen (secondary N) is 2. The predicted octanol–water partition coefficient (Wildman–Crippen LogP) is 2.38. The zero-order valence-electron chi connectivity index (χ0n) is 11.5. The van der Waals surface area contributed by atoms with Gasteiger partial charge in [0.05, 0.1) is 4.90 Å². The molecule has 0 bridgehead atoms. The van der Waals surface area contributed by atoms with Gasteiger partial charge in [0.1, 0.15) is 0 Å². The molecule has 19 heavy (non-hydrogen) atoms. The molecule has 0 saturated heterocycles. The molecule has 1 aromatic rings. The zero-order chi connectivity index (χ0) is 14.5. The van der Waals surface area contributed by atoms with Crippen LogP contribution >= 0.6 is 11.6 Å². The highest BCUT2D eigenvalue weighted by Crippen LogP contribution is 2.20. The number of rotatable bonds is 7. The van der Waals surface area contributed by atoms with Crippen LogP contribution in [-0.4, -0.2) is 21.5 Å². The van der Waals surface area contributed by atoms with Gasteiger partial charge in [0.15, 0.2) is 0 Å². The lowest BCUT2D eigenvalue weighted by molar-refractivity contribution is 0.560. The molecule has 2 N–H and O–H groups in total. The van der Waals surface area contributed by atoms with Crippen molar-refractivity contribution in [3.63, 3.8) is 0 Å². The van der Waals surface area contributed by atoms with Crippen LogP contribution in [0.15, 0.2) is 23.1 Å². The monoisotopic (exact) mass is 304 g/mol. The molecule has 0 aliphatic heterocycles. The molecule has 1 rings (SSSR count). The van der Waals surface area contributed by atoms with E-state index in [0.29, 0.717) is 18.1 Å². The van der Waals surface area contributed by atoms with Crippen LogP contribution in [0.3, 0.4) is 0 Å². The maximum Gasteiger partial charge on any atom is 0.240 e. The Balaban J connectivity index is 2.87. The van der Waals surface area contributed by atoms with E-state index < -0.39 is 10.0 Å². The van der Waals surface area contributed by atoms with Crippen LogP contribution in [0.5, 0.6) is 0 Å². The first-order chi connectivity index (χ1) is 8.86. The average Bonchev–Trinajstić information content (AvgIpc) is 2.35. The summed E-state index contributed by atoms with van der Waals surface area (Å²) in [6.07, 6.45) is 0. The summed E-state index contributed by atoms with van der Waals surface area (Å²) in [4.78, 5) is 0.207. The van der Waals surface area contributed by atoms with Crippen molar-refractivity contribution in [3.05, 3.63) is 28.8 Å². The largest absolute Gasteiger partial charge is 0.313 e. The van der Waals surface area contributed by atoms with E-state index in [1.807, 2.05) is 20.8 Å². The van der Waals surface area contributed by atoms with Crippen molar-refractivity contribution in [3.8, 4) is 0 Å². The van der Waals surface area contributed by atoms with Crippen molar-refractivity contribution in [2.24, 2.45) is 5.92 Å². The molecule has 1 aromatic carbocycles. The Labute approximate surface area is 120 Å². The number of benzene rings is 1. The summed E-state index contributed by atoms with van der Waals surface area (Å²) in [5, 5.41) is 3.62. The molecule has 4 nitrogen and oxygen atoms in total. The normalized spacial score (nSPS) is 12.1. The molecule has 0 spiro atoms. The van der Waals surface area contributed by atoms with Crippen molar-refractivity contribution in [2.75, 3.05) is 13.1 Å². The summed E-state index contributed by atoms with van der Waals surface area (Å²) >= 11 is 6.10. The van der Waals surface area contributed by atoms with Gasteiger partial charge in [-0.2, -0.15) is 0 Å². The Bertz CT molecular complexity index is 515. The molecule has 0 fully saturated rings. The van der Waals surface area contributed by atoms with E-state index in [9.17, 15) is 8.42 Å². The highest BCUT2D eigenvalue weighted by molar-refractivity contribution is 7.89. The summed E-state index contributed by atoms with van der Waals surface area (Å²) in [7, 11) is -3.47. The molecule has 0 aliphatic carbocycles.